The lowest BCUT2D eigenvalue weighted by Crippen LogP contribution is -2.41. The molecule has 0 radical (unpaired) electrons. The molecule has 3 heterocycles. The zero-order valence-corrected chi connectivity index (χ0v) is 21.3. The van der Waals surface area contributed by atoms with Crippen LogP contribution in [0.15, 0.2) is 62.9 Å². The summed E-state index contributed by atoms with van der Waals surface area (Å²) in [6.07, 6.45) is 2.58. The van der Waals surface area contributed by atoms with E-state index in [1.54, 1.807) is 11.3 Å². The minimum absolute atomic E-state index is 0. The van der Waals surface area contributed by atoms with Gasteiger partial charge in [-0.3, -0.25) is 5.41 Å². The van der Waals surface area contributed by atoms with Gasteiger partial charge in [-0.1, -0.05) is 33.2 Å². The van der Waals surface area contributed by atoms with Crippen molar-refractivity contribution in [1.82, 2.24) is 20.0 Å². The maximum atomic E-state index is 7.71. The number of thiazole rings is 1. The first-order chi connectivity index (χ1) is 16.0. The number of nitrogens with zero attached hydrogens (tertiary/aromatic N) is 4. The van der Waals surface area contributed by atoms with E-state index in [-0.39, 0.29) is 24.4 Å². The van der Waals surface area contributed by atoms with Gasteiger partial charge in [-0.25, -0.2) is 4.98 Å². The molecule has 1 atom stereocenters. The number of nitrogens with one attached hydrogen (secondary N) is 2. The van der Waals surface area contributed by atoms with Crippen LogP contribution in [0.4, 0.5) is 10.8 Å². The van der Waals surface area contributed by atoms with Crippen molar-refractivity contribution in [3.8, 4) is 22.6 Å². The first kappa shape index (κ1) is 24.2. The minimum atomic E-state index is 0. The van der Waals surface area contributed by atoms with E-state index in [1.807, 2.05) is 58.8 Å². The summed E-state index contributed by atoms with van der Waals surface area (Å²) >= 11 is 5.02. The largest absolute Gasteiger partial charge is 0.370 e. The Hall–Kier alpha value is -2.95. The second-order valence-corrected chi connectivity index (χ2v) is 9.61. The average molecular weight is 561 g/mol. The van der Waals surface area contributed by atoms with Crippen molar-refractivity contribution in [2.45, 2.75) is 25.3 Å². The summed E-state index contributed by atoms with van der Waals surface area (Å²) in [5.41, 5.74) is 9.50. The number of guanidine groups is 1. The number of anilines is 2. The molecule has 1 saturated heterocycles. The number of benzene rings is 2. The maximum Gasteiger partial charge on any atom is 0.229 e. The molecule has 8 nitrogen and oxygen atoms in total. The van der Waals surface area contributed by atoms with Crippen molar-refractivity contribution in [2.75, 3.05) is 11.9 Å². The van der Waals surface area contributed by atoms with Gasteiger partial charge in [0.05, 0.1) is 5.69 Å². The van der Waals surface area contributed by atoms with Crippen LogP contribution >= 0.6 is 39.7 Å². The van der Waals surface area contributed by atoms with Crippen LogP contribution < -0.4 is 11.1 Å². The molecule has 0 unspecified atom stereocenters. The van der Waals surface area contributed by atoms with E-state index in [1.165, 1.54) is 0 Å². The molecule has 0 saturated carbocycles. The van der Waals surface area contributed by atoms with Gasteiger partial charge in [0, 0.05) is 45.7 Å². The fourth-order valence-electron chi connectivity index (χ4n) is 3.93. The summed E-state index contributed by atoms with van der Waals surface area (Å²) in [5, 5.41) is 18.1. The van der Waals surface area contributed by atoms with Gasteiger partial charge < -0.3 is 20.5 Å². The number of hydrogen-bond donors (Lipinski definition) is 3. The van der Waals surface area contributed by atoms with Crippen LogP contribution in [0.3, 0.4) is 0 Å². The highest BCUT2D eigenvalue weighted by Gasteiger charge is 2.27. The molecule has 1 aliphatic heterocycles. The molecule has 0 spiro atoms. The van der Waals surface area contributed by atoms with Crippen molar-refractivity contribution in [2.24, 2.45) is 5.73 Å². The standard InChI is InChI=1S/C23H22BrN7OS.ClH/c24-16-7-3-14(4-8-16)19-13-33-23(28-19)27-17-9-5-15(6-10-17)21-29-20(32-30-21)12-18-2-1-11-31(18)22(25)26;/h3-10,13,18H,1-2,11-12H2,(H3,25,26)(H,27,28);1H/t18-;/m0./s1. The highest BCUT2D eigenvalue weighted by Crippen LogP contribution is 2.29. The molecule has 0 bridgehead atoms. The molecule has 2 aromatic heterocycles. The number of hydrogen-bond acceptors (Lipinski definition) is 7. The smallest absolute Gasteiger partial charge is 0.229 e. The monoisotopic (exact) mass is 559 g/mol. The predicted octanol–water partition coefficient (Wildman–Crippen LogP) is 5.69. The van der Waals surface area contributed by atoms with Crippen LogP contribution in [0.2, 0.25) is 0 Å². The molecule has 1 aliphatic rings. The van der Waals surface area contributed by atoms with Crippen molar-refractivity contribution >= 4 is 56.5 Å². The predicted molar refractivity (Wildman–Crippen MR) is 141 cm³/mol. The Morgan fingerprint density at radius 3 is 2.62 bits per heavy atom. The van der Waals surface area contributed by atoms with Gasteiger partial charge in [0.15, 0.2) is 11.1 Å². The van der Waals surface area contributed by atoms with Crippen molar-refractivity contribution in [1.29, 1.82) is 5.41 Å². The average Bonchev–Trinajstić information content (AvgIpc) is 3.57. The van der Waals surface area contributed by atoms with Gasteiger partial charge in [-0.05, 0) is 49.2 Å². The Labute approximate surface area is 215 Å². The Morgan fingerprint density at radius 1 is 1.15 bits per heavy atom. The van der Waals surface area contributed by atoms with Gasteiger partial charge >= 0.3 is 0 Å². The van der Waals surface area contributed by atoms with Crippen LogP contribution in [-0.2, 0) is 6.42 Å². The minimum Gasteiger partial charge on any atom is -0.370 e. The second kappa shape index (κ2) is 10.5. The number of rotatable bonds is 6. The molecular formula is C23H23BrClN7OS. The Balaban J connectivity index is 0.00000274. The fraction of sp³-hybridized carbons (Fsp3) is 0.217. The zero-order chi connectivity index (χ0) is 22.8. The van der Waals surface area contributed by atoms with Crippen LogP contribution in [0, 0.1) is 5.41 Å². The lowest BCUT2D eigenvalue weighted by molar-refractivity contribution is 0.320. The number of likely N-dealkylation sites (tertiary alicyclic amines) is 1. The van der Waals surface area contributed by atoms with Gasteiger partial charge in [0.1, 0.15) is 0 Å². The topological polar surface area (TPSA) is 117 Å². The lowest BCUT2D eigenvalue weighted by Gasteiger charge is -2.23. The van der Waals surface area contributed by atoms with E-state index in [0.29, 0.717) is 18.1 Å². The van der Waals surface area contributed by atoms with Crippen molar-refractivity contribution in [3.05, 3.63) is 64.3 Å². The summed E-state index contributed by atoms with van der Waals surface area (Å²) in [5.74, 6) is 1.22. The lowest BCUT2D eigenvalue weighted by atomic mass is 10.1. The Kier molecular flexibility index (Phi) is 7.50. The van der Waals surface area contributed by atoms with Gasteiger partial charge in [0.25, 0.3) is 0 Å². The summed E-state index contributed by atoms with van der Waals surface area (Å²) < 4.78 is 6.51. The number of halogens is 2. The Morgan fingerprint density at radius 2 is 1.88 bits per heavy atom. The zero-order valence-electron chi connectivity index (χ0n) is 18.1. The SMILES string of the molecule is Cl.N=C(N)N1CCC[C@H]1Cc1nc(-c2ccc(Nc3nc(-c4ccc(Br)cc4)cs3)cc2)no1. The van der Waals surface area contributed by atoms with Crippen LogP contribution in [0.25, 0.3) is 22.6 Å². The van der Waals surface area contributed by atoms with E-state index >= 15 is 0 Å². The number of nitrogens with two attached hydrogens (primary N) is 1. The molecule has 34 heavy (non-hydrogen) atoms. The van der Waals surface area contributed by atoms with Crippen LogP contribution in [0.1, 0.15) is 18.7 Å². The first-order valence-electron chi connectivity index (χ1n) is 10.6. The van der Waals surface area contributed by atoms with E-state index in [2.05, 4.69) is 36.4 Å². The van der Waals surface area contributed by atoms with Crippen LogP contribution in [-0.4, -0.2) is 38.6 Å². The molecule has 5 rings (SSSR count). The first-order valence-corrected chi connectivity index (χ1v) is 12.2. The van der Waals surface area contributed by atoms with Crippen molar-refractivity contribution < 1.29 is 4.52 Å². The summed E-state index contributed by atoms with van der Waals surface area (Å²) in [6.45, 7) is 0.805. The molecule has 176 valence electrons. The second-order valence-electron chi connectivity index (χ2n) is 7.84. The van der Waals surface area contributed by atoms with Gasteiger partial charge in [-0.2, -0.15) is 4.98 Å². The molecular weight excluding hydrogens is 538 g/mol. The highest BCUT2D eigenvalue weighted by molar-refractivity contribution is 9.10. The molecule has 4 aromatic rings. The Bertz CT molecular complexity index is 1260. The van der Waals surface area contributed by atoms with Crippen molar-refractivity contribution in [3.63, 3.8) is 0 Å². The fourth-order valence-corrected chi connectivity index (χ4v) is 4.94. The van der Waals surface area contributed by atoms with E-state index < -0.39 is 0 Å². The summed E-state index contributed by atoms with van der Waals surface area (Å²) in [6, 6.07) is 16.1. The molecule has 0 aliphatic carbocycles. The highest BCUT2D eigenvalue weighted by atomic mass is 79.9. The van der Waals surface area contributed by atoms with E-state index in [9.17, 15) is 0 Å². The third kappa shape index (κ3) is 5.40. The third-order valence-corrected chi connectivity index (χ3v) is 6.89. The number of aromatic nitrogens is 3. The molecule has 4 N–H and O–H groups in total. The third-order valence-electron chi connectivity index (χ3n) is 5.60. The van der Waals surface area contributed by atoms with E-state index in [0.717, 1.165) is 51.5 Å². The molecule has 1 fully saturated rings. The normalized spacial score (nSPS) is 15.2. The summed E-state index contributed by atoms with van der Waals surface area (Å²) in [4.78, 5) is 11.1. The van der Waals surface area contributed by atoms with Gasteiger partial charge in [-0.15, -0.1) is 23.7 Å². The summed E-state index contributed by atoms with van der Waals surface area (Å²) in [7, 11) is 0. The molecule has 2 aromatic carbocycles. The molecule has 11 heteroatoms. The van der Waals surface area contributed by atoms with E-state index in [4.69, 9.17) is 15.7 Å². The molecule has 0 amide bonds. The quantitative estimate of drug-likeness (QED) is 0.205. The maximum absolute atomic E-state index is 7.71. The van der Waals surface area contributed by atoms with Gasteiger partial charge in [0.2, 0.25) is 11.7 Å². The van der Waals surface area contributed by atoms with Crippen LogP contribution in [0.5, 0.6) is 0 Å².